The number of allylic oxidation sites excluding steroid dienone is 2. The van der Waals surface area contributed by atoms with Crippen LogP contribution in [0, 0.1) is 18.8 Å². The summed E-state index contributed by atoms with van der Waals surface area (Å²) in [5, 5.41) is 0. The molecule has 1 aromatic carbocycles. The summed E-state index contributed by atoms with van der Waals surface area (Å²) in [7, 11) is 0. The van der Waals surface area contributed by atoms with Gasteiger partial charge in [-0.3, -0.25) is 4.79 Å². The quantitative estimate of drug-likeness (QED) is 0.543. The van der Waals surface area contributed by atoms with Gasteiger partial charge in [0.1, 0.15) is 5.76 Å². The number of rotatable bonds is 5. The first kappa shape index (κ1) is 24.0. The van der Waals surface area contributed by atoms with Gasteiger partial charge in [-0.15, -0.1) is 0 Å². The molecule has 0 aromatic heterocycles. The van der Waals surface area contributed by atoms with Gasteiger partial charge in [0.05, 0.1) is 23.9 Å². The smallest absolute Gasteiger partial charge is 0.431 e. The fourth-order valence-electron chi connectivity index (χ4n) is 5.80. The number of carbonyl (C=O) groups is 2. The standard InChI is InChI=1S/C27H36O6/c1-8-17-10-16(5)11-18(9-2)21(17)22-23(28)19-12-27(14-30-26(6,7)33-27)13-20(19)24(22)32-25(29)31-15(3)4/h10-11,15,19-20H,8-9,12-14H2,1-7H3/t19-,20+,27?/m1/s1. The molecule has 1 saturated heterocycles. The predicted molar refractivity (Wildman–Crippen MR) is 125 cm³/mol. The molecule has 1 aliphatic heterocycles. The summed E-state index contributed by atoms with van der Waals surface area (Å²) in [6.45, 7) is 14.0. The third-order valence-corrected chi connectivity index (χ3v) is 6.96. The SMILES string of the molecule is CCc1cc(C)cc(CC)c1C1=C(OC(=O)OC(C)C)[C@H]2CC3(COC(C)(C)O3)C[C@H]2C1=O. The number of ether oxygens (including phenoxy) is 4. The van der Waals surface area contributed by atoms with Crippen molar-refractivity contribution in [2.45, 2.75) is 91.6 Å². The van der Waals surface area contributed by atoms with Gasteiger partial charge >= 0.3 is 6.16 Å². The van der Waals surface area contributed by atoms with Crippen molar-refractivity contribution in [1.29, 1.82) is 0 Å². The Balaban J connectivity index is 1.82. The molecule has 3 atom stereocenters. The summed E-state index contributed by atoms with van der Waals surface area (Å²) in [6, 6.07) is 4.26. The minimum Gasteiger partial charge on any atom is -0.431 e. The minimum absolute atomic E-state index is 0.0331. The van der Waals surface area contributed by atoms with E-state index in [-0.39, 0.29) is 23.7 Å². The van der Waals surface area contributed by atoms with Crippen molar-refractivity contribution in [2.24, 2.45) is 11.8 Å². The molecule has 0 radical (unpaired) electrons. The van der Waals surface area contributed by atoms with Gasteiger partial charge in [-0.05, 0) is 77.0 Å². The van der Waals surface area contributed by atoms with Gasteiger partial charge in [-0.2, -0.15) is 0 Å². The molecule has 33 heavy (non-hydrogen) atoms. The van der Waals surface area contributed by atoms with Gasteiger partial charge in [-0.25, -0.2) is 4.79 Å². The van der Waals surface area contributed by atoms with Crippen LogP contribution in [0.15, 0.2) is 17.9 Å². The Kier molecular flexibility index (Phi) is 6.21. The zero-order valence-electron chi connectivity index (χ0n) is 20.9. The third kappa shape index (κ3) is 4.35. The highest BCUT2D eigenvalue weighted by atomic mass is 16.8. The topological polar surface area (TPSA) is 71.1 Å². The van der Waals surface area contributed by atoms with Crippen LogP contribution in [0.2, 0.25) is 0 Å². The maximum Gasteiger partial charge on any atom is 0.513 e. The van der Waals surface area contributed by atoms with E-state index in [0.29, 0.717) is 30.8 Å². The molecule has 0 amide bonds. The van der Waals surface area contributed by atoms with E-state index < -0.39 is 17.5 Å². The molecule has 6 nitrogen and oxygen atoms in total. The second kappa shape index (κ2) is 8.55. The van der Waals surface area contributed by atoms with Crippen LogP contribution in [0.4, 0.5) is 4.79 Å². The number of Topliss-reactive ketones (excluding diaryl/α,β-unsaturated/α-hetero) is 1. The molecular weight excluding hydrogens is 420 g/mol. The average molecular weight is 457 g/mol. The van der Waals surface area contributed by atoms with Crippen molar-refractivity contribution in [3.8, 4) is 0 Å². The van der Waals surface area contributed by atoms with Crippen LogP contribution in [-0.4, -0.2) is 36.0 Å². The number of hydrogen-bond donors (Lipinski definition) is 0. The zero-order valence-corrected chi connectivity index (χ0v) is 20.9. The maximum absolute atomic E-state index is 13.9. The van der Waals surface area contributed by atoms with Gasteiger partial charge in [0, 0.05) is 11.8 Å². The number of benzene rings is 1. The first-order valence-corrected chi connectivity index (χ1v) is 12.1. The maximum atomic E-state index is 13.9. The number of hydrogen-bond acceptors (Lipinski definition) is 6. The van der Waals surface area contributed by atoms with Crippen molar-refractivity contribution in [1.82, 2.24) is 0 Å². The van der Waals surface area contributed by atoms with E-state index >= 15 is 0 Å². The molecule has 2 aliphatic carbocycles. The van der Waals surface area contributed by atoms with Crippen LogP contribution in [-0.2, 0) is 36.6 Å². The van der Waals surface area contributed by atoms with Crippen molar-refractivity contribution in [3.05, 3.63) is 40.1 Å². The Bertz CT molecular complexity index is 979. The Labute approximate surface area is 196 Å². The van der Waals surface area contributed by atoms with Crippen molar-refractivity contribution in [3.63, 3.8) is 0 Å². The first-order chi connectivity index (χ1) is 15.5. The summed E-state index contributed by atoms with van der Waals surface area (Å²) in [5.41, 5.74) is 4.31. The normalized spacial score (nSPS) is 28.2. The van der Waals surface area contributed by atoms with Gasteiger partial charge in [0.15, 0.2) is 11.6 Å². The Morgan fingerprint density at radius 3 is 2.24 bits per heavy atom. The van der Waals surface area contributed by atoms with Crippen molar-refractivity contribution >= 4 is 17.5 Å². The predicted octanol–water partition coefficient (Wildman–Crippen LogP) is 5.52. The molecule has 1 saturated carbocycles. The lowest BCUT2D eigenvalue weighted by Crippen LogP contribution is -2.32. The second-order valence-electron chi connectivity index (χ2n) is 10.4. The van der Waals surface area contributed by atoms with Crippen LogP contribution in [0.25, 0.3) is 5.57 Å². The van der Waals surface area contributed by atoms with Gasteiger partial charge in [0.2, 0.25) is 0 Å². The summed E-state index contributed by atoms with van der Waals surface area (Å²) in [4.78, 5) is 26.6. The molecule has 0 N–H and O–H groups in total. The molecule has 1 heterocycles. The average Bonchev–Trinajstić information content (AvgIpc) is 3.32. The van der Waals surface area contributed by atoms with Gasteiger partial charge in [0.25, 0.3) is 0 Å². The largest absolute Gasteiger partial charge is 0.513 e. The van der Waals surface area contributed by atoms with Crippen LogP contribution in [0.1, 0.15) is 76.6 Å². The molecule has 0 bridgehead atoms. The van der Waals surface area contributed by atoms with E-state index in [0.717, 1.165) is 35.1 Å². The molecule has 2 fully saturated rings. The van der Waals surface area contributed by atoms with E-state index in [1.807, 2.05) is 13.8 Å². The number of carbonyl (C=O) groups excluding carboxylic acids is 2. The Morgan fingerprint density at radius 1 is 1.12 bits per heavy atom. The lowest BCUT2D eigenvalue weighted by molar-refractivity contribution is -0.161. The lowest BCUT2D eigenvalue weighted by atomic mass is 9.86. The summed E-state index contributed by atoms with van der Waals surface area (Å²) in [6.07, 6.45) is 1.64. The van der Waals surface area contributed by atoms with Crippen molar-refractivity contribution < 1.29 is 28.5 Å². The van der Waals surface area contributed by atoms with Crippen LogP contribution < -0.4 is 0 Å². The lowest BCUT2D eigenvalue weighted by Gasteiger charge is -2.26. The van der Waals surface area contributed by atoms with E-state index in [1.165, 1.54) is 0 Å². The summed E-state index contributed by atoms with van der Waals surface area (Å²) in [5.74, 6) is -0.747. The number of ketones is 1. The summed E-state index contributed by atoms with van der Waals surface area (Å²) < 4.78 is 23.3. The Morgan fingerprint density at radius 2 is 1.73 bits per heavy atom. The van der Waals surface area contributed by atoms with Gasteiger partial charge in [-0.1, -0.05) is 31.5 Å². The highest BCUT2D eigenvalue weighted by molar-refractivity contribution is 6.26. The Hall–Kier alpha value is -2.18. The molecule has 1 unspecified atom stereocenters. The first-order valence-electron chi connectivity index (χ1n) is 12.1. The molecule has 1 spiro atoms. The molecule has 180 valence electrons. The van der Waals surface area contributed by atoms with Crippen LogP contribution in [0.5, 0.6) is 0 Å². The summed E-state index contributed by atoms with van der Waals surface area (Å²) >= 11 is 0. The third-order valence-electron chi connectivity index (χ3n) is 6.96. The highest BCUT2D eigenvalue weighted by Gasteiger charge is 2.60. The van der Waals surface area contributed by atoms with E-state index in [9.17, 15) is 9.59 Å². The van der Waals surface area contributed by atoms with Crippen molar-refractivity contribution in [2.75, 3.05) is 6.61 Å². The zero-order chi connectivity index (χ0) is 24.1. The van der Waals surface area contributed by atoms with E-state index in [4.69, 9.17) is 18.9 Å². The molecule has 4 rings (SSSR count). The molecular formula is C27H36O6. The molecule has 3 aliphatic rings. The second-order valence-corrected chi connectivity index (χ2v) is 10.4. The molecule has 1 aromatic rings. The fourth-order valence-corrected chi connectivity index (χ4v) is 5.80. The number of aryl methyl sites for hydroxylation is 3. The van der Waals surface area contributed by atoms with Gasteiger partial charge < -0.3 is 18.9 Å². The monoisotopic (exact) mass is 456 g/mol. The van der Waals surface area contributed by atoms with E-state index in [1.54, 1.807) is 13.8 Å². The van der Waals surface area contributed by atoms with Crippen LogP contribution in [0.3, 0.4) is 0 Å². The fraction of sp³-hybridized carbons (Fsp3) is 0.630. The van der Waals surface area contributed by atoms with E-state index in [2.05, 4.69) is 32.9 Å². The molecule has 6 heteroatoms. The highest BCUT2D eigenvalue weighted by Crippen LogP contribution is 2.56. The number of fused-ring (bicyclic) bond motifs is 1. The minimum atomic E-state index is -0.765. The van der Waals surface area contributed by atoms with Crippen LogP contribution >= 0.6 is 0 Å².